The van der Waals surface area contributed by atoms with Crippen molar-refractivity contribution in [2.75, 3.05) is 41.3 Å². The molecule has 0 spiro atoms. The van der Waals surface area contributed by atoms with E-state index in [2.05, 4.69) is 38.9 Å². The fraction of sp³-hybridized carbons (Fsp3) is 0.444. The van der Waals surface area contributed by atoms with Gasteiger partial charge in [0.1, 0.15) is 11.6 Å². The maximum Gasteiger partial charge on any atom is 0.227 e. The number of nitrogens with zero attached hydrogens (tertiary/aromatic N) is 4. The summed E-state index contributed by atoms with van der Waals surface area (Å²) in [6.45, 7) is 9.62. The SMILES string of the molecule is Cc1cc(NC(C)C)nc(N2CCN(c3ccc(F)cc3)CC2)n1. The summed E-state index contributed by atoms with van der Waals surface area (Å²) in [4.78, 5) is 13.7. The molecule has 2 heterocycles. The number of anilines is 3. The third-order valence-corrected chi connectivity index (χ3v) is 4.03. The summed E-state index contributed by atoms with van der Waals surface area (Å²) in [5.41, 5.74) is 2.02. The minimum atomic E-state index is -0.198. The maximum atomic E-state index is 13.1. The Morgan fingerprint density at radius 3 is 2.25 bits per heavy atom. The van der Waals surface area contributed by atoms with Gasteiger partial charge in [-0.25, -0.2) is 9.37 Å². The van der Waals surface area contributed by atoms with E-state index in [4.69, 9.17) is 0 Å². The van der Waals surface area contributed by atoms with Crippen LogP contribution in [0.3, 0.4) is 0 Å². The van der Waals surface area contributed by atoms with Crippen molar-refractivity contribution < 1.29 is 4.39 Å². The van der Waals surface area contributed by atoms with E-state index in [9.17, 15) is 4.39 Å². The molecule has 1 aliphatic rings. The Balaban J connectivity index is 1.68. The molecule has 0 aliphatic carbocycles. The number of aromatic nitrogens is 2. The molecule has 0 atom stereocenters. The molecule has 0 saturated carbocycles. The van der Waals surface area contributed by atoms with Crippen LogP contribution < -0.4 is 15.1 Å². The summed E-state index contributed by atoms with van der Waals surface area (Å²) < 4.78 is 13.1. The molecule has 6 heteroatoms. The predicted molar refractivity (Wildman–Crippen MR) is 96.4 cm³/mol. The lowest BCUT2D eigenvalue weighted by Crippen LogP contribution is -2.47. The van der Waals surface area contributed by atoms with E-state index in [1.54, 1.807) is 0 Å². The lowest BCUT2D eigenvalue weighted by Gasteiger charge is -2.36. The zero-order valence-electron chi connectivity index (χ0n) is 14.5. The number of benzene rings is 1. The number of halogens is 1. The van der Waals surface area contributed by atoms with Crippen LogP contribution in [0.1, 0.15) is 19.5 Å². The monoisotopic (exact) mass is 329 g/mol. The Labute approximate surface area is 142 Å². The van der Waals surface area contributed by atoms with E-state index in [1.165, 1.54) is 12.1 Å². The van der Waals surface area contributed by atoms with Crippen LogP contribution in [0, 0.1) is 12.7 Å². The lowest BCUT2D eigenvalue weighted by molar-refractivity contribution is 0.623. The average Bonchev–Trinajstić information content (AvgIpc) is 2.54. The third-order valence-electron chi connectivity index (χ3n) is 4.03. The van der Waals surface area contributed by atoms with Crippen molar-refractivity contribution in [2.45, 2.75) is 26.8 Å². The second kappa shape index (κ2) is 7.03. The van der Waals surface area contributed by atoms with E-state index in [0.717, 1.165) is 49.3 Å². The van der Waals surface area contributed by atoms with Crippen LogP contribution in [0.4, 0.5) is 21.8 Å². The second-order valence-corrected chi connectivity index (χ2v) is 6.44. The molecule has 1 aromatic carbocycles. The highest BCUT2D eigenvalue weighted by Crippen LogP contribution is 2.20. The van der Waals surface area contributed by atoms with Gasteiger partial charge >= 0.3 is 0 Å². The first-order valence-electron chi connectivity index (χ1n) is 8.39. The van der Waals surface area contributed by atoms with E-state index in [0.29, 0.717) is 6.04 Å². The van der Waals surface area contributed by atoms with Gasteiger partial charge in [-0.05, 0) is 45.0 Å². The normalized spacial score (nSPS) is 15.0. The van der Waals surface area contributed by atoms with E-state index in [-0.39, 0.29) is 5.82 Å². The minimum absolute atomic E-state index is 0.198. The lowest BCUT2D eigenvalue weighted by atomic mass is 10.2. The first-order chi connectivity index (χ1) is 11.5. The van der Waals surface area contributed by atoms with Crippen molar-refractivity contribution in [3.63, 3.8) is 0 Å². The highest BCUT2D eigenvalue weighted by Gasteiger charge is 2.20. The Bertz CT molecular complexity index is 678. The molecule has 128 valence electrons. The first kappa shape index (κ1) is 16.5. The topological polar surface area (TPSA) is 44.3 Å². The molecule has 2 aromatic rings. The van der Waals surface area contributed by atoms with Crippen molar-refractivity contribution in [3.8, 4) is 0 Å². The van der Waals surface area contributed by atoms with Crippen molar-refractivity contribution in [2.24, 2.45) is 0 Å². The van der Waals surface area contributed by atoms with Gasteiger partial charge in [0.15, 0.2) is 0 Å². The average molecular weight is 329 g/mol. The maximum absolute atomic E-state index is 13.1. The van der Waals surface area contributed by atoms with Gasteiger partial charge in [0.05, 0.1) is 0 Å². The molecule has 1 N–H and O–H groups in total. The van der Waals surface area contributed by atoms with Crippen molar-refractivity contribution >= 4 is 17.5 Å². The number of hydrogen-bond donors (Lipinski definition) is 1. The Kier molecular flexibility index (Phi) is 4.83. The zero-order chi connectivity index (χ0) is 17.1. The summed E-state index contributed by atoms with van der Waals surface area (Å²) in [5.74, 6) is 1.45. The Morgan fingerprint density at radius 1 is 1.00 bits per heavy atom. The number of aryl methyl sites for hydroxylation is 1. The van der Waals surface area contributed by atoms with Gasteiger partial charge in [0.2, 0.25) is 5.95 Å². The van der Waals surface area contributed by atoms with Crippen LogP contribution in [0.5, 0.6) is 0 Å². The van der Waals surface area contributed by atoms with Crippen LogP contribution in [-0.4, -0.2) is 42.2 Å². The fourth-order valence-corrected chi connectivity index (χ4v) is 2.88. The number of hydrogen-bond acceptors (Lipinski definition) is 5. The van der Waals surface area contributed by atoms with Crippen LogP contribution in [0.2, 0.25) is 0 Å². The molecule has 1 saturated heterocycles. The van der Waals surface area contributed by atoms with Gasteiger partial charge in [-0.1, -0.05) is 0 Å². The molecule has 1 aliphatic heterocycles. The van der Waals surface area contributed by atoms with Crippen LogP contribution in [0.15, 0.2) is 30.3 Å². The summed E-state index contributed by atoms with van der Waals surface area (Å²) in [6.07, 6.45) is 0. The molecule has 1 aromatic heterocycles. The fourth-order valence-electron chi connectivity index (χ4n) is 2.88. The largest absolute Gasteiger partial charge is 0.368 e. The van der Waals surface area contributed by atoms with E-state index >= 15 is 0 Å². The minimum Gasteiger partial charge on any atom is -0.368 e. The summed E-state index contributed by atoms with van der Waals surface area (Å²) in [6, 6.07) is 8.99. The molecule has 24 heavy (non-hydrogen) atoms. The standard InChI is InChI=1S/C18H24FN5/c1-13(2)20-17-12-14(3)21-18(22-17)24-10-8-23(9-11-24)16-6-4-15(19)5-7-16/h4-7,12-13H,8-11H2,1-3H3,(H,20,21,22). The molecule has 1 fully saturated rings. The van der Waals surface area contributed by atoms with Gasteiger partial charge in [-0.3, -0.25) is 0 Å². The van der Waals surface area contributed by atoms with Gasteiger partial charge in [-0.2, -0.15) is 4.98 Å². The third kappa shape index (κ3) is 3.93. The highest BCUT2D eigenvalue weighted by atomic mass is 19.1. The molecule has 5 nitrogen and oxygen atoms in total. The molecule has 3 rings (SSSR count). The Morgan fingerprint density at radius 2 is 1.62 bits per heavy atom. The molecule has 0 amide bonds. The molecular formula is C18H24FN5. The number of nitrogens with one attached hydrogen (secondary N) is 1. The van der Waals surface area contributed by atoms with Gasteiger partial charge < -0.3 is 15.1 Å². The van der Waals surface area contributed by atoms with Gasteiger partial charge in [-0.15, -0.1) is 0 Å². The van der Waals surface area contributed by atoms with Crippen LogP contribution >= 0.6 is 0 Å². The van der Waals surface area contributed by atoms with Gasteiger partial charge in [0.25, 0.3) is 0 Å². The quantitative estimate of drug-likeness (QED) is 0.934. The highest BCUT2D eigenvalue weighted by molar-refractivity contribution is 5.49. The molecular weight excluding hydrogens is 305 g/mol. The smallest absolute Gasteiger partial charge is 0.227 e. The molecule has 0 radical (unpaired) electrons. The van der Waals surface area contributed by atoms with Gasteiger partial charge in [0, 0.05) is 49.7 Å². The van der Waals surface area contributed by atoms with Crippen molar-refractivity contribution in [1.29, 1.82) is 0 Å². The second-order valence-electron chi connectivity index (χ2n) is 6.44. The van der Waals surface area contributed by atoms with E-state index in [1.807, 2.05) is 25.1 Å². The molecule has 0 unspecified atom stereocenters. The molecule has 0 bridgehead atoms. The zero-order valence-corrected chi connectivity index (χ0v) is 14.5. The van der Waals surface area contributed by atoms with Crippen LogP contribution in [-0.2, 0) is 0 Å². The summed E-state index contributed by atoms with van der Waals surface area (Å²) >= 11 is 0. The number of piperazine rings is 1. The van der Waals surface area contributed by atoms with Crippen molar-refractivity contribution in [3.05, 3.63) is 41.8 Å². The van der Waals surface area contributed by atoms with E-state index < -0.39 is 0 Å². The van der Waals surface area contributed by atoms with Crippen LogP contribution in [0.25, 0.3) is 0 Å². The number of rotatable bonds is 4. The first-order valence-corrected chi connectivity index (χ1v) is 8.39. The summed E-state index contributed by atoms with van der Waals surface area (Å²) in [5, 5.41) is 3.34. The Hall–Kier alpha value is -2.37. The summed E-state index contributed by atoms with van der Waals surface area (Å²) in [7, 11) is 0. The van der Waals surface area contributed by atoms with Crippen molar-refractivity contribution in [1.82, 2.24) is 9.97 Å². The predicted octanol–water partition coefficient (Wildman–Crippen LogP) is 3.07.